The Kier molecular flexibility index (Phi) is 6.13. The van der Waals surface area contributed by atoms with Crippen molar-refractivity contribution in [2.24, 2.45) is 0 Å². The summed E-state index contributed by atoms with van der Waals surface area (Å²) in [7, 11) is -2.22. The number of aromatic nitrogens is 3. The topological polar surface area (TPSA) is 101 Å². The van der Waals surface area contributed by atoms with E-state index in [1.807, 2.05) is 25.1 Å². The molecule has 1 aromatic carbocycles. The summed E-state index contributed by atoms with van der Waals surface area (Å²) in [6, 6.07) is 9.08. The van der Waals surface area contributed by atoms with Gasteiger partial charge in [0.05, 0.1) is 30.1 Å². The van der Waals surface area contributed by atoms with Gasteiger partial charge in [-0.05, 0) is 49.2 Å². The Morgan fingerprint density at radius 2 is 1.59 bits per heavy atom. The van der Waals surface area contributed by atoms with Crippen LogP contribution >= 0.6 is 0 Å². The second-order valence-corrected chi connectivity index (χ2v) is 9.21. The average molecular weight is 455 g/mol. The van der Waals surface area contributed by atoms with Gasteiger partial charge in [0.1, 0.15) is 11.6 Å². The van der Waals surface area contributed by atoms with Gasteiger partial charge in [-0.2, -0.15) is 0 Å². The largest absolute Gasteiger partial charge is 0.496 e. The van der Waals surface area contributed by atoms with Gasteiger partial charge in [-0.1, -0.05) is 6.07 Å². The molecule has 0 saturated carbocycles. The Morgan fingerprint density at radius 3 is 2.22 bits per heavy atom. The van der Waals surface area contributed by atoms with Crippen molar-refractivity contribution in [3.8, 4) is 5.75 Å². The number of benzene rings is 1. The molecule has 10 heteroatoms. The summed E-state index contributed by atoms with van der Waals surface area (Å²) in [6.07, 6.45) is 4.78. The molecule has 1 saturated heterocycles. The van der Waals surface area contributed by atoms with E-state index in [9.17, 15) is 8.42 Å². The number of sulfonamides is 1. The fraction of sp³-hybridized carbons (Fsp3) is 0.318. The number of hydrogen-bond donors (Lipinski definition) is 1. The third kappa shape index (κ3) is 4.45. The van der Waals surface area contributed by atoms with Gasteiger partial charge >= 0.3 is 0 Å². The molecular weight excluding hydrogens is 428 g/mol. The number of anilines is 3. The number of ether oxygens (including phenoxy) is 1. The third-order valence-electron chi connectivity index (χ3n) is 5.62. The fourth-order valence-corrected chi connectivity index (χ4v) is 5.04. The monoisotopic (exact) mass is 454 g/mol. The number of rotatable bonds is 6. The summed E-state index contributed by atoms with van der Waals surface area (Å²) in [6.45, 7) is 6.73. The van der Waals surface area contributed by atoms with Crippen molar-refractivity contribution in [1.29, 1.82) is 0 Å². The molecule has 1 N–H and O–H groups in total. The van der Waals surface area contributed by atoms with E-state index in [0.717, 1.165) is 37.6 Å². The van der Waals surface area contributed by atoms with Gasteiger partial charge in [0.2, 0.25) is 5.95 Å². The van der Waals surface area contributed by atoms with Crippen LogP contribution in [0, 0.1) is 13.8 Å². The molecule has 0 bridgehead atoms. The Labute approximate surface area is 188 Å². The first-order chi connectivity index (χ1) is 15.4. The van der Waals surface area contributed by atoms with Crippen LogP contribution in [0.25, 0.3) is 0 Å². The van der Waals surface area contributed by atoms with Crippen LogP contribution in [-0.2, 0) is 10.0 Å². The zero-order valence-corrected chi connectivity index (χ0v) is 19.1. The van der Waals surface area contributed by atoms with E-state index < -0.39 is 10.0 Å². The number of pyridine rings is 1. The van der Waals surface area contributed by atoms with Crippen molar-refractivity contribution in [3.63, 3.8) is 0 Å². The van der Waals surface area contributed by atoms with E-state index in [-0.39, 0.29) is 4.90 Å². The van der Waals surface area contributed by atoms with Crippen LogP contribution in [0.3, 0.4) is 0 Å². The molecule has 32 heavy (non-hydrogen) atoms. The predicted molar refractivity (Wildman–Crippen MR) is 124 cm³/mol. The summed E-state index contributed by atoms with van der Waals surface area (Å²) < 4.78 is 33.6. The van der Waals surface area contributed by atoms with Crippen LogP contribution < -0.4 is 19.3 Å². The smallest absolute Gasteiger partial charge is 0.262 e. The van der Waals surface area contributed by atoms with Crippen molar-refractivity contribution in [1.82, 2.24) is 15.0 Å². The lowest BCUT2D eigenvalue weighted by Crippen LogP contribution is -2.47. The zero-order chi connectivity index (χ0) is 22.7. The van der Waals surface area contributed by atoms with E-state index in [1.165, 1.54) is 12.4 Å². The highest BCUT2D eigenvalue weighted by molar-refractivity contribution is 7.92. The van der Waals surface area contributed by atoms with Crippen LogP contribution in [0.4, 0.5) is 17.5 Å². The molecule has 0 radical (unpaired) electrons. The average Bonchev–Trinajstić information content (AvgIpc) is 2.81. The number of nitrogens with one attached hydrogen (secondary N) is 1. The number of hydrogen-bond acceptors (Lipinski definition) is 8. The summed E-state index contributed by atoms with van der Waals surface area (Å²) in [5.41, 5.74) is 1.74. The molecule has 3 heterocycles. The minimum absolute atomic E-state index is 0.200. The van der Waals surface area contributed by atoms with Crippen molar-refractivity contribution < 1.29 is 13.2 Å². The van der Waals surface area contributed by atoms with Gasteiger partial charge in [-0.25, -0.2) is 23.4 Å². The maximum absolute atomic E-state index is 12.9. The Balaban J connectivity index is 1.43. The lowest BCUT2D eigenvalue weighted by molar-refractivity contribution is 0.411. The zero-order valence-electron chi connectivity index (χ0n) is 18.3. The molecule has 4 rings (SSSR count). The van der Waals surface area contributed by atoms with Crippen molar-refractivity contribution in [3.05, 3.63) is 60.0 Å². The Morgan fingerprint density at radius 1 is 0.906 bits per heavy atom. The van der Waals surface area contributed by atoms with Crippen molar-refractivity contribution >= 4 is 27.5 Å². The van der Waals surface area contributed by atoms with Crippen LogP contribution in [0.5, 0.6) is 5.75 Å². The van der Waals surface area contributed by atoms with Crippen molar-refractivity contribution in [2.75, 3.05) is 47.8 Å². The maximum atomic E-state index is 12.9. The molecule has 3 aromatic rings. The van der Waals surface area contributed by atoms with Crippen LogP contribution in [-0.4, -0.2) is 56.7 Å². The molecule has 1 aliphatic rings. The highest BCUT2D eigenvalue weighted by atomic mass is 32.2. The van der Waals surface area contributed by atoms with Gasteiger partial charge in [-0.15, -0.1) is 0 Å². The first-order valence-electron chi connectivity index (χ1n) is 10.3. The first-order valence-corrected chi connectivity index (χ1v) is 11.8. The van der Waals surface area contributed by atoms with E-state index in [2.05, 4.69) is 29.5 Å². The molecule has 168 valence electrons. The minimum atomic E-state index is -3.78. The molecule has 1 fully saturated rings. The predicted octanol–water partition coefficient (Wildman–Crippen LogP) is 2.62. The normalized spacial score (nSPS) is 14.3. The highest BCUT2D eigenvalue weighted by Gasteiger charge is 2.22. The van der Waals surface area contributed by atoms with E-state index >= 15 is 0 Å². The van der Waals surface area contributed by atoms with Crippen molar-refractivity contribution in [2.45, 2.75) is 18.7 Å². The lowest BCUT2D eigenvalue weighted by Gasteiger charge is -2.35. The molecule has 1 aliphatic heterocycles. The quantitative estimate of drug-likeness (QED) is 0.607. The van der Waals surface area contributed by atoms with Gasteiger partial charge in [-0.3, -0.25) is 4.72 Å². The second kappa shape index (κ2) is 8.99. The molecule has 2 aromatic heterocycles. The Hall–Kier alpha value is -3.40. The molecular formula is C22H26N6O3S. The van der Waals surface area contributed by atoms with Crippen LogP contribution in [0.1, 0.15) is 11.1 Å². The number of nitrogens with zero attached hydrogens (tertiary/aromatic N) is 5. The summed E-state index contributed by atoms with van der Waals surface area (Å²) >= 11 is 0. The fourth-order valence-electron chi connectivity index (χ4n) is 3.71. The summed E-state index contributed by atoms with van der Waals surface area (Å²) in [5.74, 6) is 2.18. The van der Waals surface area contributed by atoms with Crippen LogP contribution in [0.15, 0.2) is 53.8 Å². The lowest BCUT2D eigenvalue weighted by atomic mass is 10.1. The van der Waals surface area contributed by atoms with Gasteiger partial charge < -0.3 is 14.5 Å². The van der Waals surface area contributed by atoms with Gasteiger partial charge in [0.15, 0.2) is 0 Å². The molecule has 0 amide bonds. The van der Waals surface area contributed by atoms with Gasteiger partial charge in [0, 0.05) is 32.4 Å². The summed E-state index contributed by atoms with van der Waals surface area (Å²) in [5, 5.41) is 0. The van der Waals surface area contributed by atoms with E-state index in [1.54, 1.807) is 32.4 Å². The van der Waals surface area contributed by atoms with E-state index in [0.29, 0.717) is 22.9 Å². The van der Waals surface area contributed by atoms with Crippen LogP contribution in [0.2, 0.25) is 0 Å². The Bertz CT molecular complexity index is 1180. The SMILES string of the molecule is COc1ccc(S(=O)(=O)Nc2cnc(N3CCN(c4ccccn4)CC3)nc2)c(C)c1C. The molecule has 0 unspecified atom stereocenters. The third-order valence-corrected chi connectivity index (χ3v) is 7.15. The van der Waals surface area contributed by atoms with Gasteiger partial charge in [0.25, 0.3) is 10.0 Å². The maximum Gasteiger partial charge on any atom is 0.262 e. The first kappa shape index (κ1) is 21.8. The molecule has 0 spiro atoms. The number of piperazine rings is 1. The molecule has 0 aliphatic carbocycles. The van der Waals surface area contributed by atoms with E-state index in [4.69, 9.17) is 4.74 Å². The highest BCUT2D eigenvalue weighted by Crippen LogP contribution is 2.28. The number of methoxy groups -OCH3 is 1. The summed E-state index contributed by atoms with van der Waals surface area (Å²) in [4.78, 5) is 17.7. The molecule has 9 nitrogen and oxygen atoms in total. The second-order valence-electron chi connectivity index (χ2n) is 7.56. The minimum Gasteiger partial charge on any atom is -0.496 e. The molecule has 0 atom stereocenters. The standard InChI is InChI=1S/C22H26N6O3S/c1-16-17(2)20(8-7-19(16)31-3)32(29,30)26-18-14-24-22(25-15-18)28-12-10-27(11-13-28)21-6-4-5-9-23-21/h4-9,14-15,26H,10-13H2,1-3H3.